The summed E-state index contributed by atoms with van der Waals surface area (Å²) in [7, 11) is 0. The van der Waals surface area contributed by atoms with E-state index in [0.717, 1.165) is 25.7 Å². The number of unbranched alkanes of at least 4 members (excludes halogenated alkanes) is 3. The standard InChI is InChI=1S/C18H34N2O2/c1-7-8-9-10-11-17(6)19-14(21)18(22-17)12-15(2,3)20-16(4,5)13-18/h20H,7-13H2,1-6H3,(H,19,21). The Kier molecular flexibility index (Phi) is 4.67. The maximum Gasteiger partial charge on any atom is 0.254 e. The molecule has 0 aromatic rings. The second-order valence-electron chi connectivity index (χ2n) is 8.84. The van der Waals surface area contributed by atoms with Crippen LogP contribution in [-0.4, -0.2) is 28.3 Å². The number of hydrogen-bond acceptors (Lipinski definition) is 3. The smallest absolute Gasteiger partial charge is 0.254 e. The quantitative estimate of drug-likeness (QED) is 0.764. The molecular formula is C18H34N2O2. The van der Waals surface area contributed by atoms with Crippen LogP contribution in [0, 0.1) is 0 Å². The molecule has 2 fully saturated rings. The van der Waals surface area contributed by atoms with E-state index in [9.17, 15) is 4.79 Å². The maximum absolute atomic E-state index is 12.8. The van der Waals surface area contributed by atoms with Crippen molar-refractivity contribution in [3.8, 4) is 0 Å². The molecule has 0 aliphatic carbocycles. The molecule has 1 spiro atoms. The van der Waals surface area contributed by atoms with Gasteiger partial charge in [-0.2, -0.15) is 0 Å². The molecule has 2 rings (SSSR count). The molecule has 4 nitrogen and oxygen atoms in total. The van der Waals surface area contributed by atoms with Crippen molar-refractivity contribution in [2.75, 3.05) is 0 Å². The number of ether oxygens (including phenoxy) is 1. The van der Waals surface area contributed by atoms with Gasteiger partial charge in [0.25, 0.3) is 5.91 Å². The molecule has 1 unspecified atom stereocenters. The lowest BCUT2D eigenvalue weighted by Crippen LogP contribution is -2.65. The maximum atomic E-state index is 12.8. The fourth-order valence-corrected chi connectivity index (χ4v) is 4.59. The number of piperidine rings is 1. The Hall–Kier alpha value is -0.610. The fraction of sp³-hybridized carbons (Fsp3) is 0.944. The summed E-state index contributed by atoms with van der Waals surface area (Å²) in [5.74, 6) is 0.0770. The molecule has 22 heavy (non-hydrogen) atoms. The van der Waals surface area contributed by atoms with E-state index >= 15 is 0 Å². The summed E-state index contributed by atoms with van der Waals surface area (Å²) in [4.78, 5) is 12.8. The first-order valence-corrected chi connectivity index (χ1v) is 8.84. The van der Waals surface area contributed by atoms with E-state index < -0.39 is 11.3 Å². The lowest BCUT2D eigenvalue weighted by atomic mass is 9.72. The van der Waals surface area contributed by atoms with E-state index in [1.54, 1.807) is 0 Å². The molecule has 1 amide bonds. The zero-order chi connectivity index (χ0) is 16.6. The zero-order valence-electron chi connectivity index (χ0n) is 15.3. The van der Waals surface area contributed by atoms with Crippen molar-refractivity contribution in [3.63, 3.8) is 0 Å². The zero-order valence-corrected chi connectivity index (χ0v) is 15.3. The van der Waals surface area contributed by atoms with Gasteiger partial charge in [0.05, 0.1) is 0 Å². The Morgan fingerprint density at radius 2 is 1.59 bits per heavy atom. The van der Waals surface area contributed by atoms with Crippen LogP contribution in [0.1, 0.15) is 86.5 Å². The average Bonchev–Trinajstić information content (AvgIpc) is 2.52. The highest BCUT2D eigenvalue weighted by molar-refractivity contribution is 5.88. The third-order valence-corrected chi connectivity index (χ3v) is 4.85. The molecule has 2 aliphatic heterocycles. The monoisotopic (exact) mass is 310 g/mol. The van der Waals surface area contributed by atoms with E-state index in [1.807, 2.05) is 6.92 Å². The molecule has 4 heteroatoms. The van der Waals surface area contributed by atoms with Gasteiger partial charge >= 0.3 is 0 Å². The molecular weight excluding hydrogens is 276 g/mol. The van der Waals surface area contributed by atoms with Crippen molar-refractivity contribution in [2.45, 2.75) is 109 Å². The summed E-state index contributed by atoms with van der Waals surface area (Å²) in [5.41, 5.74) is -1.40. The van der Waals surface area contributed by atoms with Crippen LogP contribution in [0.2, 0.25) is 0 Å². The van der Waals surface area contributed by atoms with Gasteiger partial charge < -0.3 is 15.4 Å². The van der Waals surface area contributed by atoms with Gasteiger partial charge in [-0.3, -0.25) is 4.79 Å². The van der Waals surface area contributed by atoms with E-state index in [-0.39, 0.29) is 17.0 Å². The van der Waals surface area contributed by atoms with Crippen molar-refractivity contribution in [1.29, 1.82) is 0 Å². The number of amides is 1. The Labute approximate surface area is 135 Å². The first-order chi connectivity index (χ1) is 10.0. The first kappa shape index (κ1) is 17.7. The molecule has 2 aliphatic rings. The molecule has 0 radical (unpaired) electrons. The second kappa shape index (κ2) is 5.79. The largest absolute Gasteiger partial charge is 0.340 e. The number of nitrogens with one attached hydrogen (secondary N) is 2. The minimum Gasteiger partial charge on any atom is -0.340 e. The van der Waals surface area contributed by atoms with Crippen molar-refractivity contribution in [3.05, 3.63) is 0 Å². The average molecular weight is 310 g/mol. The Morgan fingerprint density at radius 1 is 1.00 bits per heavy atom. The minimum absolute atomic E-state index is 0.0770. The van der Waals surface area contributed by atoms with Crippen LogP contribution < -0.4 is 10.6 Å². The van der Waals surface area contributed by atoms with E-state index in [0.29, 0.717) is 0 Å². The van der Waals surface area contributed by atoms with Crippen molar-refractivity contribution in [1.82, 2.24) is 10.6 Å². The molecule has 2 N–H and O–H groups in total. The Bertz CT molecular complexity index is 415. The van der Waals surface area contributed by atoms with Crippen LogP contribution in [0.25, 0.3) is 0 Å². The van der Waals surface area contributed by atoms with E-state index in [2.05, 4.69) is 45.3 Å². The van der Waals surface area contributed by atoms with E-state index in [1.165, 1.54) is 19.3 Å². The van der Waals surface area contributed by atoms with E-state index in [4.69, 9.17) is 4.74 Å². The Morgan fingerprint density at radius 3 is 2.14 bits per heavy atom. The Balaban J connectivity index is 2.10. The minimum atomic E-state index is -0.683. The number of carbonyl (C=O) groups excluding carboxylic acids is 1. The molecule has 0 aromatic carbocycles. The van der Waals surface area contributed by atoms with Crippen LogP contribution in [0.3, 0.4) is 0 Å². The predicted molar refractivity (Wildman–Crippen MR) is 89.7 cm³/mol. The summed E-state index contributed by atoms with van der Waals surface area (Å²) in [6.07, 6.45) is 7.12. The van der Waals surface area contributed by atoms with Crippen LogP contribution in [0.15, 0.2) is 0 Å². The van der Waals surface area contributed by atoms with Gasteiger partial charge in [-0.25, -0.2) is 0 Å². The molecule has 2 heterocycles. The molecule has 0 aromatic heterocycles. The van der Waals surface area contributed by atoms with Crippen molar-refractivity contribution < 1.29 is 9.53 Å². The second-order valence-corrected chi connectivity index (χ2v) is 8.84. The molecule has 128 valence electrons. The summed E-state index contributed by atoms with van der Waals surface area (Å²) in [5, 5.41) is 6.79. The number of rotatable bonds is 5. The fourth-order valence-electron chi connectivity index (χ4n) is 4.59. The van der Waals surface area contributed by atoms with Gasteiger partial charge in [-0.05, 0) is 47.5 Å². The highest BCUT2D eigenvalue weighted by atomic mass is 16.6. The lowest BCUT2D eigenvalue weighted by Gasteiger charge is -2.50. The summed E-state index contributed by atoms with van der Waals surface area (Å²) < 4.78 is 6.44. The molecule has 0 bridgehead atoms. The van der Waals surface area contributed by atoms with Gasteiger partial charge in [0.2, 0.25) is 0 Å². The van der Waals surface area contributed by atoms with Crippen molar-refractivity contribution >= 4 is 5.91 Å². The first-order valence-electron chi connectivity index (χ1n) is 8.84. The van der Waals surface area contributed by atoms with Crippen LogP contribution in [-0.2, 0) is 9.53 Å². The molecule has 0 saturated carbocycles. The summed E-state index contributed by atoms with van der Waals surface area (Å²) in [6, 6.07) is 0. The molecule has 2 saturated heterocycles. The van der Waals surface area contributed by atoms with Gasteiger partial charge in [0.1, 0.15) is 5.72 Å². The summed E-state index contributed by atoms with van der Waals surface area (Å²) in [6.45, 7) is 12.9. The number of carbonyl (C=O) groups is 1. The predicted octanol–water partition coefficient (Wildman–Crippen LogP) is 3.50. The van der Waals surface area contributed by atoms with Crippen LogP contribution >= 0.6 is 0 Å². The molecule has 1 atom stereocenters. The third kappa shape index (κ3) is 3.83. The van der Waals surface area contributed by atoms with Gasteiger partial charge in [-0.1, -0.05) is 26.2 Å². The van der Waals surface area contributed by atoms with Crippen molar-refractivity contribution in [2.24, 2.45) is 0 Å². The topological polar surface area (TPSA) is 50.4 Å². The highest BCUT2D eigenvalue weighted by Crippen LogP contribution is 2.44. The van der Waals surface area contributed by atoms with Gasteiger partial charge in [0, 0.05) is 23.9 Å². The number of hydrogen-bond donors (Lipinski definition) is 2. The lowest BCUT2D eigenvalue weighted by molar-refractivity contribution is -0.159. The highest BCUT2D eigenvalue weighted by Gasteiger charge is 2.59. The van der Waals surface area contributed by atoms with Gasteiger partial charge in [0.15, 0.2) is 5.60 Å². The third-order valence-electron chi connectivity index (χ3n) is 4.85. The van der Waals surface area contributed by atoms with Crippen LogP contribution in [0.5, 0.6) is 0 Å². The SMILES string of the molecule is CCCCCCC1(C)NC(=O)C2(CC(C)(C)NC(C)(C)C2)O1. The normalized spacial score (nSPS) is 32.2. The summed E-state index contributed by atoms with van der Waals surface area (Å²) >= 11 is 0. The van der Waals surface area contributed by atoms with Gasteiger partial charge in [-0.15, -0.1) is 0 Å². The van der Waals surface area contributed by atoms with Crippen LogP contribution in [0.4, 0.5) is 0 Å².